The molecule has 0 heterocycles. The lowest BCUT2D eigenvalue weighted by atomic mass is 9.86. The Bertz CT molecular complexity index is 491. The normalized spacial score (nSPS) is 14.2. The molecule has 3 atom stereocenters. The number of carbonyl (C=O) groups excluding carboxylic acids is 2. The van der Waals surface area contributed by atoms with E-state index in [2.05, 4.69) is 30.0 Å². The van der Waals surface area contributed by atoms with E-state index in [9.17, 15) is 9.59 Å². The van der Waals surface area contributed by atoms with Gasteiger partial charge in [0.2, 0.25) is 0 Å². The minimum atomic E-state index is -0.0202. The van der Waals surface area contributed by atoms with E-state index in [0.717, 1.165) is 18.4 Å². The monoisotopic (exact) mass is 320 g/mol. The van der Waals surface area contributed by atoms with Gasteiger partial charge in [-0.1, -0.05) is 58.9 Å². The van der Waals surface area contributed by atoms with Crippen LogP contribution in [-0.4, -0.2) is 17.2 Å². The number of ketones is 2. The van der Waals surface area contributed by atoms with Crippen LogP contribution >= 0.6 is 9.24 Å². The lowest BCUT2D eigenvalue weighted by Crippen LogP contribution is -2.20. The Morgan fingerprint density at radius 3 is 1.68 bits per heavy atom. The second-order valence-electron chi connectivity index (χ2n) is 7.00. The first-order valence-corrected chi connectivity index (χ1v) is 8.83. The Morgan fingerprint density at radius 1 is 0.864 bits per heavy atom. The molecule has 0 spiro atoms. The van der Waals surface area contributed by atoms with Crippen molar-refractivity contribution in [3.8, 4) is 0 Å². The third kappa shape index (κ3) is 5.65. The van der Waals surface area contributed by atoms with Crippen molar-refractivity contribution in [2.45, 2.75) is 53.1 Å². The summed E-state index contributed by atoms with van der Waals surface area (Å²) in [6.45, 7) is 10.2. The van der Waals surface area contributed by atoms with Gasteiger partial charge in [-0.2, -0.15) is 0 Å². The molecule has 0 aliphatic carbocycles. The fraction of sp³-hybridized carbons (Fsp3) is 0.579. The van der Waals surface area contributed by atoms with E-state index < -0.39 is 0 Å². The van der Waals surface area contributed by atoms with Crippen molar-refractivity contribution in [1.29, 1.82) is 0 Å². The summed E-state index contributed by atoms with van der Waals surface area (Å²) in [5.74, 6) is 0.856. The fourth-order valence-electron chi connectivity index (χ4n) is 2.70. The highest BCUT2D eigenvalue weighted by Gasteiger charge is 2.22. The van der Waals surface area contributed by atoms with Gasteiger partial charge in [-0.05, 0) is 24.4 Å². The summed E-state index contributed by atoms with van der Waals surface area (Å²) in [6, 6.07) is 7.18. The second kappa shape index (κ2) is 8.58. The molecule has 0 aliphatic heterocycles. The Kier molecular flexibility index (Phi) is 7.42. The molecule has 0 radical (unpaired) electrons. The van der Waals surface area contributed by atoms with Crippen molar-refractivity contribution in [3.63, 3.8) is 0 Å². The average molecular weight is 320 g/mol. The van der Waals surface area contributed by atoms with E-state index in [4.69, 9.17) is 0 Å². The lowest BCUT2D eigenvalue weighted by Gasteiger charge is -2.20. The highest BCUT2D eigenvalue weighted by atomic mass is 31.0. The number of hydrogen-bond acceptors (Lipinski definition) is 2. The lowest BCUT2D eigenvalue weighted by molar-refractivity contribution is 0.0893. The maximum atomic E-state index is 12.7. The first kappa shape index (κ1) is 19.0. The van der Waals surface area contributed by atoms with Crippen LogP contribution in [0, 0.1) is 17.8 Å². The fourth-order valence-corrected chi connectivity index (χ4v) is 3.02. The van der Waals surface area contributed by atoms with Crippen LogP contribution in [0.2, 0.25) is 0 Å². The van der Waals surface area contributed by atoms with Gasteiger partial charge in [-0.25, -0.2) is 0 Å². The van der Waals surface area contributed by atoms with Crippen molar-refractivity contribution in [3.05, 3.63) is 35.4 Å². The molecule has 1 rings (SSSR count). The predicted molar refractivity (Wildman–Crippen MR) is 96.7 cm³/mol. The molecule has 1 aromatic rings. The minimum Gasteiger partial charge on any atom is -0.294 e. The van der Waals surface area contributed by atoms with Crippen molar-refractivity contribution in [2.75, 3.05) is 0 Å². The molecule has 0 saturated carbocycles. The van der Waals surface area contributed by atoms with Gasteiger partial charge in [0.25, 0.3) is 0 Å². The van der Waals surface area contributed by atoms with Gasteiger partial charge in [-0.3, -0.25) is 9.59 Å². The van der Waals surface area contributed by atoms with Crippen molar-refractivity contribution in [2.24, 2.45) is 17.8 Å². The van der Waals surface area contributed by atoms with Crippen LogP contribution in [0.25, 0.3) is 0 Å². The molecular formula is C19H29O2P. The van der Waals surface area contributed by atoms with Crippen LogP contribution in [0.1, 0.15) is 68.2 Å². The second-order valence-corrected chi connectivity index (χ2v) is 8.14. The van der Waals surface area contributed by atoms with E-state index in [0.29, 0.717) is 17.1 Å². The van der Waals surface area contributed by atoms with Gasteiger partial charge < -0.3 is 0 Å². The van der Waals surface area contributed by atoms with Gasteiger partial charge in [0, 0.05) is 23.0 Å². The van der Waals surface area contributed by atoms with Crippen LogP contribution in [0.4, 0.5) is 0 Å². The first-order chi connectivity index (χ1) is 10.2. The van der Waals surface area contributed by atoms with E-state index in [-0.39, 0.29) is 23.4 Å². The molecule has 0 saturated heterocycles. The summed E-state index contributed by atoms with van der Waals surface area (Å²) < 4.78 is 0. The highest BCUT2D eigenvalue weighted by Crippen LogP contribution is 2.25. The number of benzene rings is 1. The average Bonchev–Trinajstić information content (AvgIpc) is 2.44. The van der Waals surface area contributed by atoms with E-state index in [1.165, 1.54) is 0 Å². The van der Waals surface area contributed by atoms with Gasteiger partial charge in [0.15, 0.2) is 11.6 Å². The molecule has 3 unspecified atom stereocenters. The van der Waals surface area contributed by atoms with Crippen LogP contribution in [0.15, 0.2) is 24.3 Å². The molecule has 122 valence electrons. The molecular weight excluding hydrogens is 291 g/mol. The van der Waals surface area contributed by atoms with Crippen LogP contribution in [0.3, 0.4) is 0 Å². The Balaban J connectivity index is 2.92. The molecule has 0 bridgehead atoms. The number of rotatable bonds is 8. The van der Waals surface area contributed by atoms with Gasteiger partial charge >= 0.3 is 0 Å². The van der Waals surface area contributed by atoms with Crippen molar-refractivity contribution in [1.82, 2.24) is 0 Å². The van der Waals surface area contributed by atoms with E-state index in [1.54, 1.807) is 24.3 Å². The molecule has 0 N–H and O–H groups in total. The minimum absolute atomic E-state index is 0.0202. The zero-order chi connectivity index (χ0) is 16.9. The van der Waals surface area contributed by atoms with Crippen LogP contribution < -0.4 is 0 Å². The first-order valence-electron chi connectivity index (χ1n) is 8.16. The standard InChI is InChI=1S/C19H29O2P/c1-12(2)10-17(11-14(5)22)19(21)16-8-6-15(7-9-16)18(20)13(3)4/h6-9,12-14,17H,10-11,22H2,1-5H3. The molecule has 1 aromatic carbocycles. The predicted octanol–water partition coefficient (Wildman–Crippen LogP) is 5.02. The molecule has 2 nitrogen and oxygen atoms in total. The summed E-state index contributed by atoms with van der Waals surface area (Å²) in [6.07, 6.45) is 1.79. The quantitative estimate of drug-likeness (QED) is 0.497. The number of Topliss-reactive ketones (excluding diaryl/α,β-unsaturated/α-hetero) is 2. The molecule has 22 heavy (non-hydrogen) atoms. The molecule has 0 amide bonds. The topological polar surface area (TPSA) is 34.1 Å². The van der Waals surface area contributed by atoms with Crippen LogP contribution in [0.5, 0.6) is 0 Å². The van der Waals surface area contributed by atoms with Crippen LogP contribution in [-0.2, 0) is 0 Å². The number of hydrogen-bond donors (Lipinski definition) is 0. The summed E-state index contributed by atoms with van der Waals surface area (Å²) >= 11 is 0. The molecule has 3 heteroatoms. The van der Waals surface area contributed by atoms with Crippen molar-refractivity contribution < 1.29 is 9.59 Å². The molecule has 0 aliphatic rings. The Labute approximate surface area is 137 Å². The summed E-state index contributed by atoms with van der Waals surface area (Å²) in [5, 5.41) is 0. The van der Waals surface area contributed by atoms with Gasteiger partial charge in [0.05, 0.1) is 0 Å². The third-order valence-electron chi connectivity index (χ3n) is 3.76. The highest BCUT2D eigenvalue weighted by molar-refractivity contribution is 7.17. The largest absolute Gasteiger partial charge is 0.294 e. The summed E-state index contributed by atoms with van der Waals surface area (Å²) in [7, 11) is 2.78. The Hall–Kier alpha value is -1.01. The van der Waals surface area contributed by atoms with Gasteiger partial charge in [-0.15, -0.1) is 9.24 Å². The summed E-state index contributed by atoms with van der Waals surface area (Å²) in [5.41, 5.74) is 1.83. The molecule has 0 fully saturated rings. The zero-order valence-electron chi connectivity index (χ0n) is 14.4. The molecule has 0 aromatic heterocycles. The van der Waals surface area contributed by atoms with Gasteiger partial charge in [0.1, 0.15) is 0 Å². The Morgan fingerprint density at radius 2 is 1.32 bits per heavy atom. The SMILES string of the molecule is CC(C)CC(CC(C)P)C(=O)c1ccc(C(=O)C(C)C)cc1. The number of carbonyl (C=O) groups is 2. The maximum Gasteiger partial charge on any atom is 0.165 e. The van der Waals surface area contributed by atoms with E-state index in [1.807, 2.05) is 13.8 Å². The van der Waals surface area contributed by atoms with Crippen molar-refractivity contribution >= 4 is 20.8 Å². The smallest absolute Gasteiger partial charge is 0.165 e. The third-order valence-corrected chi connectivity index (χ3v) is 4.03. The van der Waals surface area contributed by atoms with E-state index >= 15 is 0 Å². The summed E-state index contributed by atoms with van der Waals surface area (Å²) in [4.78, 5) is 24.7. The maximum absolute atomic E-state index is 12.7. The zero-order valence-corrected chi connectivity index (χ0v) is 15.6.